The second-order valence-corrected chi connectivity index (χ2v) is 4.46. The third-order valence-corrected chi connectivity index (χ3v) is 3.11. The van der Waals surface area contributed by atoms with Crippen molar-refractivity contribution in [1.29, 1.82) is 0 Å². The molecule has 2 rings (SSSR count). The van der Waals surface area contributed by atoms with Gasteiger partial charge in [-0.3, -0.25) is 4.79 Å². The lowest BCUT2D eigenvalue weighted by Crippen LogP contribution is -2.38. The Kier molecular flexibility index (Phi) is 3.42. The number of ether oxygens (including phenoxy) is 1. The summed E-state index contributed by atoms with van der Waals surface area (Å²) in [4.78, 5) is 23.0. The molecule has 1 saturated heterocycles. The average Bonchev–Trinajstić information content (AvgIpc) is 2.68. The number of hydrogen-bond acceptors (Lipinski definition) is 3. The monoisotopic (exact) mass is 301 g/mol. The lowest BCUT2D eigenvalue weighted by atomic mass is 10.2. The van der Waals surface area contributed by atoms with Crippen LogP contribution in [0.15, 0.2) is 22.7 Å². The Balaban J connectivity index is 2.14. The number of carbonyl (C=O) groups is 2. The summed E-state index contributed by atoms with van der Waals surface area (Å²) >= 11 is 3.15. The van der Waals surface area contributed by atoms with Gasteiger partial charge in [0.05, 0.1) is 12.2 Å². The van der Waals surface area contributed by atoms with Crippen LogP contribution in [-0.4, -0.2) is 24.5 Å². The zero-order valence-electron chi connectivity index (χ0n) is 8.70. The van der Waals surface area contributed by atoms with E-state index < -0.39 is 23.7 Å². The molecular formula is C11H9BrFNO3. The Labute approximate surface area is 105 Å². The van der Waals surface area contributed by atoms with Crippen molar-refractivity contribution in [2.45, 2.75) is 12.5 Å². The van der Waals surface area contributed by atoms with Gasteiger partial charge in [0.25, 0.3) is 5.91 Å². The molecule has 1 heterocycles. The van der Waals surface area contributed by atoms with Gasteiger partial charge in [-0.05, 0) is 34.1 Å². The van der Waals surface area contributed by atoms with E-state index in [-0.39, 0.29) is 5.56 Å². The molecule has 0 spiro atoms. The normalized spacial score (nSPS) is 18.9. The molecule has 6 heteroatoms. The Morgan fingerprint density at radius 3 is 2.94 bits per heavy atom. The van der Waals surface area contributed by atoms with Crippen molar-refractivity contribution in [3.8, 4) is 0 Å². The first-order chi connectivity index (χ1) is 8.08. The quantitative estimate of drug-likeness (QED) is 0.845. The molecular weight excluding hydrogens is 293 g/mol. The lowest BCUT2D eigenvalue weighted by molar-refractivity contribution is -0.139. The fourth-order valence-corrected chi connectivity index (χ4v) is 1.96. The van der Waals surface area contributed by atoms with Gasteiger partial charge in [-0.25, -0.2) is 9.18 Å². The van der Waals surface area contributed by atoms with Crippen LogP contribution in [0.4, 0.5) is 4.39 Å². The Bertz CT molecular complexity index is 478. The summed E-state index contributed by atoms with van der Waals surface area (Å²) in [6.07, 6.45) is 0.442. The van der Waals surface area contributed by atoms with Gasteiger partial charge in [0, 0.05) is 10.9 Å². The molecule has 1 aliphatic heterocycles. The summed E-state index contributed by atoms with van der Waals surface area (Å²) in [7, 11) is 0. The van der Waals surface area contributed by atoms with E-state index in [4.69, 9.17) is 4.74 Å². The summed E-state index contributed by atoms with van der Waals surface area (Å²) in [5.41, 5.74) is 0.157. The predicted octanol–water partition coefficient (Wildman–Crippen LogP) is 1.63. The second kappa shape index (κ2) is 4.83. The molecule has 0 bridgehead atoms. The van der Waals surface area contributed by atoms with Crippen LogP contribution < -0.4 is 5.32 Å². The van der Waals surface area contributed by atoms with Gasteiger partial charge in [0.2, 0.25) is 0 Å². The van der Waals surface area contributed by atoms with Crippen molar-refractivity contribution < 1.29 is 18.7 Å². The first kappa shape index (κ1) is 12.0. The molecule has 1 aliphatic rings. The average molecular weight is 302 g/mol. The van der Waals surface area contributed by atoms with Crippen molar-refractivity contribution in [3.05, 3.63) is 34.1 Å². The standard InChI is InChI=1S/C11H9BrFNO3/c12-8-2-1-6(13)5-7(8)10(15)14-9-3-4-17-11(9)16/h1-2,5,9H,3-4H2,(H,14,15). The van der Waals surface area contributed by atoms with Crippen LogP contribution in [0.5, 0.6) is 0 Å². The van der Waals surface area contributed by atoms with Crippen LogP contribution in [0.2, 0.25) is 0 Å². The van der Waals surface area contributed by atoms with E-state index in [0.717, 1.165) is 6.07 Å². The highest BCUT2D eigenvalue weighted by molar-refractivity contribution is 9.10. The number of amides is 1. The third kappa shape index (κ3) is 2.63. The van der Waals surface area contributed by atoms with Crippen molar-refractivity contribution >= 4 is 27.8 Å². The number of cyclic esters (lactones) is 1. The summed E-state index contributed by atoms with van der Waals surface area (Å²) in [5.74, 6) is -1.46. The van der Waals surface area contributed by atoms with Gasteiger partial charge in [0.1, 0.15) is 11.9 Å². The topological polar surface area (TPSA) is 55.4 Å². The van der Waals surface area contributed by atoms with Crippen LogP contribution in [-0.2, 0) is 9.53 Å². The molecule has 90 valence electrons. The fraction of sp³-hybridized carbons (Fsp3) is 0.273. The van der Waals surface area contributed by atoms with Gasteiger partial charge in [-0.2, -0.15) is 0 Å². The number of nitrogens with one attached hydrogen (secondary N) is 1. The smallest absolute Gasteiger partial charge is 0.328 e. The highest BCUT2D eigenvalue weighted by Crippen LogP contribution is 2.18. The van der Waals surface area contributed by atoms with E-state index in [1.165, 1.54) is 12.1 Å². The van der Waals surface area contributed by atoms with Crippen molar-refractivity contribution in [3.63, 3.8) is 0 Å². The predicted molar refractivity (Wildman–Crippen MR) is 60.9 cm³/mol. The number of hydrogen-bond donors (Lipinski definition) is 1. The van der Waals surface area contributed by atoms with Crippen molar-refractivity contribution in [2.75, 3.05) is 6.61 Å². The van der Waals surface area contributed by atoms with Crippen molar-refractivity contribution in [1.82, 2.24) is 5.32 Å². The molecule has 0 radical (unpaired) electrons. The second-order valence-electron chi connectivity index (χ2n) is 3.61. The SMILES string of the molecule is O=C(NC1CCOC1=O)c1cc(F)ccc1Br. The molecule has 4 nitrogen and oxygen atoms in total. The van der Waals surface area contributed by atoms with E-state index >= 15 is 0 Å². The molecule has 1 amide bonds. The summed E-state index contributed by atoms with van der Waals surface area (Å²) < 4.78 is 18.2. The molecule has 1 unspecified atom stereocenters. The summed E-state index contributed by atoms with van der Waals surface area (Å²) in [6.45, 7) is 0.300. The Morgan fingerprint density at radius 2 is 2.29 bits per heavy atom. The van der Waals surface area contributed by atoms with Crippen LogP contribution in [0.3, 0.4) is 0 Å². The number of benzene rings is 1. The largest absolute Gasteiger partial charge is 0.464 e. The number of rotatable bonds is 2. The molecule has 1 fully saturated rings. The Hall–Kier alpha value is -1.43. The van der Waals surface area contributed by atoms with Gasteiger partial charge in [-0.1, -0.05) is 0 Å². The third-order valence-electron chi connectivity index (χ3n) is 2.41. The number of esters is 1. The minimum Gasteiger partial charge on any atom is -0.464 e. The van der Waals surface area contributed by atoms with Crippen molar-refractivity contribution in [2.24, 2.45) is 0 Å². The van der Waals surface area contributed by atoms with Crippen LogP contribution in [0, 0.1) is 5.82 Å². The van der Waals surface area contributed by atoms with Crippen LogP contribution in [0.1, 0.15) is 16.8 Å². The van der Waals surface area contributed by atoms with Gasteiger partial charge >= 0.3 is 5.97 Å². The first-order valence-electron chi connectivity index (χ1n) is 5.00. The van der Waals surface area contributed by atoms with E-state index in [2.05, 4.69) is 21.2 Å². The molecule has 0 aliphatic carbocycles. The molecule has 17 heavy (non-hydrogen) atoms. The molecule has 0 aromatic heterocycles. The maximum atomic E-state index is 13.0. The Morgan fingerprint density at radius 1 is 1.53 bits per heavy atom. The van der Waals surface area contributed by atoms with Gasteiger partial charge < -0.3 is 10.1 Å². The zero-order chi connectivity index (χ0) is 12.4. The van der Waals surface area contributed by atoms with E-state index in [1.54, 1.807) is 0 Å². The van der Waals surface area contributed by atoms with Crippen LogP contribution >= 0.6 is 15.9 Å². The van der Waals surface area contributed by atoms with E-state index in [9.17, 15) is 14.0 Å². The molecule has 1 aromatic rings. The fourth-order valence-electron chi connectivity index (χ4n) is 1.53. The number of carbonyl (C=O) groups excluding carboxylic acids is 2. The van der Waals surface area contributed by atoms with E-state index in [0.29, 0.717) is 17.5 Å². The maximum Gasteiger partial charge on any atom is 0.328 e. The minimum absolute atomic E-state index is 0.157. The van der Waals surface area contributed by atoms with Gasteiger partial charge in [-0.15, -0.1) is 0 Å². The summed E-state index contributed by atoms with van der Waals surface area (Å²) in [6, 6.07) is 3.15. The highest BCUT2D eigenvalue weighted by Gasteiger charge is 2.28. The zero-order valence-corrected chi connectivity index (χ0v) is 10.3. The van der Waals surface area contributed by atoms with Gasteiger partial charge in [0.15, 0.2) is 0 Å². The van der Waals surface area contributed by atoms with E-state index in [1.807, 2.05) is 0 Å². The van der Waals surface area contributed by atoms with Crippen LogP contribution in [0.25, 0.3) is 0 Å². The molecule has 1 atom stereocenters. The summed E-state index contributed by atoms with van der Waals surface area (Å²) in [5, 5.41) is 2.50. The highest BCUT2D eigenvalue weighted by atomic mass is 79.9. The molecule has 0 saturated carbocycles. The lowest BCUT2D eigenvalue weighted by Gasteiger charge is -2.09. The minimum atomic E-state index is -0.641. The number of halogens is 2. The molecule has 1 aromatic carbocycles. The first-order valence-corrected chi connectivity index (χ1v) is 5.80. The maximum absolute atomic E-state index is 13.0. The molecule has 1 N–H and O–H groups in total.